The van der Waals surface area contributed by atoms with Gasteiger partial charge in [0, 0.05) is 11.8 Å². The molecule has 23 heavy (non-hydrogen) atoms. The van der Waals surface area contributed by atoms with Gasteiger partial charge in [-0.25, -0.2) is 9.97 Å². The number of aryl methyl sites for hydroxylation is 1. The van der Waals surface area contributed by atoms with E-state index in [9.17, 15) is 0 Å². The summed E-state index contributed by atoms with van der Waals surface area (Å²) in [7, 11) is 0. The molecule has 2 aromatic heterocycles. The van der Waals surface area contributed by atoms with Crippen LogP contribution in [0.4, 0.5) is 5.82 Å². The van der Waals surface area contributed by atoms with E-state index < -0.39 is 0 Å². The van der Waals surface area contributed by atoms with Crippen molar-refractivity contribution in [1.29, 1.82) is 0 Å². The minimum absolute atomic E-state index is 0.674. The highest BCUT2D eigenvalue weighted by atomic mass is 16.3. The molecular weight excluding hydrogens is 286 g/mol. The first-order chi connectivity index (χ1) is 11.2. The van der Waals surface area contributed by atoms with Crippen LogP contribution < -0.4 is 16.0 Å². The number of nitrogens with one attached hydrogen (secondary N) is 1. The van der Waals surface area contributed by atoms with Gasteiger partial charge >= 0.3 is 0 Å². The van der Waals surface area contributed by atoms with Crippen LogP contribution in [-0.2, 0) is 6.54 Å². The molecule has 0 saturated heterocycles. The highest BCUT2D eigenvalue weighted by Crippen LogP contribution is 2.17. The molecule has 1 N–H and O–H groups in total. The normalized spacial score (nSPS) is 12.8. The van der Waals surface area contributed by atoms with Crippen molar-refractivity contribution in [2.45, 2.75) is 20.4 Å². The summed E-state index contributed by atoms with van der Waals surface area (Å²) in [5.41, 5.74) is 3.44. The van der Waals surface area contributed by atoms with Crippen molar-refractivity contribution < 1.29 is 4.42 Å². The fourth-order valence-electron chi connectivity index (χ4n) is 2.52. The summed E-state index contributed by atoms with van der Waals surface area (Å²) in [5, 5.41) is 4.29. The second kappa shape index (κ2) is 6.48. The fraction of sp³-hybridized carbons (Fsp3) is 0.158. The van der Waals surface area contributed by atoms with Crippen molar-refractivity contribution in [3.63, 3.8) is 0 Å². The molecule has 0 amide bonds. The molecule has 0 unspecified atom stereocenters. The third-order valence-electron chi connectivity index (χ3n) is 3.56. The number of allylic oxidation sites excluding steroid dienone is 1. The Morgan fingerprint density at radius 2 is 2.00 bits per heavy atom. The maximum Gasteiger partial charge on any atom is 0.196 e. The van der Waals surface area contributed by atoms with E-state index in [1.807, 2.05) is 44.2 Å². The van der Waals surface area contributed by atoms with Crippen LogP contribution in [0.2, 0.25) is 0 Å². The number of nitrogens with zero attached hydrogens (tertiary/aromatic N) is 2. The Balaban J connectivity index is 2.10. The molecule has 4 heteroatoms. The summed E-state index contributed by atoms with van der Waals surface area (Å²) in [5.74, 6) is 1.42. The predicted molar refractivity (Wildman–Crippen MR) is 94.4 cm³/mol. The van der Waals surface area contributed by atoms with Crippen molar-refractivity contribution in [3.05, 3.63) is 65.0 Å². The molecule has 0 aliphatic heterocycles. The Labute approximate surface area is 134 Å². The van der Waals surface area contributed by atoms with Gasteiger partial charge in [0.15, 0.2) is 11.4 Å². The van der Waals surface area contributed by atoms with Gasteiger partial charge in [0.2, 0.25) is 0 Å². The van der Waals surface area contributed by atoms with Gasteiger partial charge in [-0.15, -0.1) is 0 Å². The standard InChI is InChI=1S/C19H19N3O/c1-4-9-15-16(5-2)23-18-17(15)21-13(3)22-19(18)20-12-14-10-7-6-8-11-14/h4-11H,1,12H2,2-3H3,(H,20,21,22)/b15-9+,16-5+. The Bertz CT molecular complexity index is 956. The number of benzene rings is 1. The number of anilines is 1. The molecule has 0 aliphatic carbocycles. The van der Waals surface area contributed by atoms with E-state index in [1.165, 1.54) is 5.56 Å². The van der Waals surface area contributed by atoms with Gasteiger partial charge in [0.1, 0.15) is 16.8 Å². The largest absolute Gasteiger partial charge is 0.451 e. The van der Waals surface area contributed by atoms with Crippen molar-refractivity contribution in [3.8, 4) is 0 Å². The zero-order valence-electron chi connectivity index (χ0n) is 13.3. The smallest absolute Gasteiger partial charge is 0.196 e. The summed E-state index contributed by atoms with van der Waals surface area (Å²) < 4.78 is 5.95. The summed E-state index contributed by atoms with van der Waals surface area (Å²) in [6, 6.07) is 10.2. The summed E-state index contributed by atoms with van der Waals surface area (Å²) in [6.07, 6.45) is 5.58. The zero-order chi connectivity index (χ0) is 16.2. The average molecular weight is 305 g/mol. The van der Waals surface area contributed by atoms with Gasteiger partial charge in [-0.2, -0.15) is 0 Å². The number of aromatic nitrogens is 2. The first kappa shape index (κ1) is 15.0. The predicted octanol–water partition coefficient (Wildman–Crippen LogP) is 2.91. The van der Waals surface area contributed by atoms with Gasteiger partial charge < -0.3 is 9.73 Å². The molecule has 0 bridgehead atoms. The lowest BCUT2D eigenvalue weighted by atomic mass is 10.2. The highest BCUT2D eigenvalue weighted by Gasteiger charge is 2.12. The van der Waals surface area contributed by atoms with Crippen LogP contribution >= 0.6 is 0 Å². The molecule has 4 nitrogen and oxygen atoms in total. The van der Waals surface area contributed by atoms with Crippen LogP contribution in [-0.4, -0.2) is 9.97 Å². The molecule has 116 valence electrons. The number of hydrogen-bond donors (Lipinski definition) is 1. The Morgan fingerprint density at radius 1 is 1.22 bits per heavy atom. The average Bonchev–Trinajstić information content (AvgIpc) is 2.92. The van der Waals surface area contributed by atoms with Crippen LogP contribution in [0.15, 0.2) is 47.4 Å². The molecule has 0 aliphatic rings. The van der Waals surface area contributed by atoms with E-state index in [4.69, 9.17) is 4.42 Å². The molecule has 0 fully saturated rings. The molecule has 2 heterocycles. The molecule has 3 aromatic rings. The Morgan fingerprint density at radius 3 is 2.70 bits per heavy atom. The maximum absolute atomic E-state index is 5.95. The van der Waals surface area contributed by atoms with E-state index >= 15 is 0 Å². The van der Waals surface area contributed by atoms with E-state index in [-0.39, 0.29) is 0 Å². The highest BCUT2D eigenvalue weighted by molar-refractivity contribution is 5.85. The molecule has 1 aromatic carbocycles. The second-order valence-electron chi connectivity index (χ2n) is 5.21. The number of fused-ring (bicyclic) bond motifs is 1. The van der Waals surface area contributed by atoms with E-state index in [0.717, 1.165) is 16.2 Å². The SMILES string of the molecule is C=C/C=c1\c(=C/C)oc2c(NCc3ccccc3)nc(C)nc12. The van der Waals surface area contributed by atoms with Crippen LogP contribution in [0.3, 0.4) is 0 Å². The minimum Gasteiger partial charge on any atom is -0.451 e. The van der Waals surface area contributed by atoms with Crippen LogP contribution in [0.25, 0.3) is 23.3 Å². The summed E-state index contributed by atoms with van der Waals surface area (Å²) in [6.45, 7) is 8.27. The minimum atomic E-state index is 0.674. The lowest BCUT2D eigenvalue weighted by Gasteiger charge is -2.06. The van der Waals surface area contributed by atoms with Crippen molar-refractivity contribution >= 4 is 29.1 Å². The summed E-state index contributed by atoms with van der Waals surface area (Å²) >= 11 is 0. The first-order valence-electron chi connectivity index (χ1n) is 7.57. The van der Waals surface area contributed by atoms with Crippen molar-refractivity contribution in [2.75, 3.05) is 5.32 Å². The summed E-state index contributed by atoms with van der Waals surface area (Å²) in [4.78, 5) is 9.03. The molecule has 0 saturated carbocycles. The van der Waals surface area contributed by atoms with Gasteiger partial charge in [-0.05, 0) is 31.6 Å². The number of hydrogen-bond acceptors (Lipinski definition) is 4. The first-order valence-corrected chi connectivity index (χ1v) is 7.57. The topological polar surface area (TPSA) is 51.0 Å². The molecule has 0 radical (unpaired) electrons. The van der Waals surface area contributed by atoms with Crippen LogP contribution in [0.1, 0.15) is 18.3 Å². The number of furan rings is 1. The van der Waals surface area contributed by atoms with Gasteiger partial charge in [-0.3, -0.25) is 0 Å². The van der Waals surface area contributed by atoms with Gasteiger partial charge in [0.25, 0.3) is 0 Å². The van der Waals surface area contributed by atoms with Gasteiger partial charge in [-0.1, -0.05) is 43.0 Å². The fourth-order valence-corrected chi connectivity index (χ4v) is 2.52. The third kappa shape index (κ3) is 3.01. The number of rotatable bonds is 4. The van der Waals surface area contributed by atoms with Gasteiger partial charge in [0.05, 0.1) is 0 Å². The quantitative estimate of drug-likeness (QED) is 0.805. The molecule has 0 spiro atoms. The van der Waals surface area contributed by atoms with Crippen molar-refractivity contribution in [2.24, 2.45) is 0 Å². The second-order valence-corrected chi connectivity index (χ2v) is 5.21. The monoisotopic (exact) mass is 305 g/mol. The van der Waals surface area contributed by atoms with E-state index in [1.54, 1.807) is 6.08 Å². The van der Waals surface area contributed by atoms with Crippen LogP contribution in [0.5, 0.6) is 0 Å². The molecule has 3 rings (SSSR count). The third-order valence-corrected chi connectivity index (χ3v) is 3.56. The molecule has 0 atom stereocenters. The van der Waals surface area contributed by atoms with Crippen LogP contribution in [0, 0.1) is 6.92 Å². The van der Waals surface area contributed by atoms with Crippen molar-refractivity contribution in [1.82, 2.24) is 9.97 Å². The zero-order valence-corrected chi connectivity index (χ0v) is 13.3. The molecular formula is C19H19N3O. The van der Waals surface area contributed by atoms with E-state index in [0.29, 0.717) is 23.8 Å². The Hall–Kier alpha value is -2.88. The van der Waals surface area contributed by atoms with E-state index in [2.05, 4.69) is 34.0 Å². The lowest BCUT2D eigenvalue weighted by molar-refractivity contribution is 0.574. The Kier molecular flexibility index (Phi) is 4.24. The lowest BCUT2D eigenvalue weighted by Crippen LogP contribution is -2.19. The maximum atomic E-state index is 5.95.